The van der Waals surface area contributed by atoms with Crippen molar-refractivity contribution in [2.75, 3.05) is 32.6 Å². The molecule has 9 nitrogen and oxygen atoms in total. The quantitative estimate of drug-likeness (QED) is 0.441. The molecule has 2 aliphatic rings. The molecule has 3 atom stereocenters. The molecule has 0 aliphatic carbocycles. The number of hydrogen-bond acceptors (Lipinski definition) is 7. The van der Waals surface area contributed by atoms with Crippen molar-refractivity contribution in [1.82, 2.24) is 25.4 Å². The van der Waals surface area contributed by atoms with Crippen LogP contribution in [0.25, 0.3) is 11.3 Å². The third kappa shape index (κ3) is 5.26. The predicted octanol–water partition coefficient (Wildman–Crippen LogP) is 4.10. The van der Waals surface area contributed by atoms with E-state index in [4.69, 9.17) is 9.47 Å². The van der Waals surface area contributed by atoms with Crippen LogP contribution >= 0.6 is 0 Å². The zero-order chi connectivity index (χ0) is 26.9. The number of halogens is 3. The van der Waals surface area contributed by atoms with E-state index in [1.165, 1.54) is 20.4 Å². The molecule has 38 heavy (non-hydrogen) atoms. The molecular formula is C26H29F3N6O3. The first kappa shape index (κ1) is 25.8. The third-order valence-corrected chi connectivity index (χ3v) is 6.92. The van der Waals surface area contributed by atoms with E-state index in [0.717, 1.165) is 24.1 Å². The van der Waals surface area contributed by atoms with E-state index in [0.29, 0.717) is 34.9 Å². The molecule has 0 bridgehead atoms. The maximum atomic E-state index is 14.2. The first-order chi connectivity index (χ1) is 18.3. The standard InChI is InChI=1S/C26H29F3N6O3/c1-37-21-6-5-15(11-22(21)38-2)18-12-23(26(27,28)29)35-24(33-18)13-19(34-35)16-7-9-31-20(10-16)25(36)32-17-4-3-8-30-14-17/h5-7,9-11,13,17-18,23,30,33H,3-4,8,12,14H2,1-2H3,(H,32,36). The largest absolute Gasteiger partial charge is 0.493 e. The highest BCUT2D eigenvalue weighted by Crippen LogP contribution is 2.45. The number of hydrogen-bond donors (Lipinski definition) is 3. The lowest BCUT2D eigenvalue weighted by atomic mass is 9.96. The van der Waals surface area contributed by atoms with Gasteiger partial charge in [0.05, 0.1) is 26.0 Å². The first-order valence-electron chi connectivity index (χ1n) is 12.4. The number of carbonyl (C=O) groups is 1. The minimum atomic E-state index is -4.52. The average Bonchev–Trinajstić information content (AvgIpc) is 3.36. The number of benzene rings is 1. The molecule has 4 heterocycles. The second kappa shape index (κ2) is 10.5. The summed E-state index contributed by atoms with van der Waals surface area (Å²) in [6.45, 7) is 1.61. The van der Waals surface area contributed by atoms with E-state index in [2.05, 4.69) is 26.0 Å². The van der Waals surface area contributed by atoms with Gasteiger partial charge in [0, 0.05) is 36.8 Å². The Balaban J connectivity index is 1.43. The van der Waals surface area contributed by atoms with Gasteiger partial charge in [-0.1, -0.05) is 6.07 Å². The molecule has 1 aromatic carbocycles. The van der Waals surface area contributed by atoms with Crippen molar-refractivity contribution in [2.45, 2.75) is 43.6 Å². The van der Waals surface area contributed by atoms with Gasteiger partial charge < -0.3 is 25.4 Å². The van der Waals surface area contributed by atoms with Crippen LogP contribution in [0.1, 0.15) is 47.4 Å². The molecule has 2 aliphatic heterocycles. The molecule has 2 aromatic heterocycles. The van der Waals surface area contributed by atoms with Crippen molar-refractivity contribution in [3.63, 3.8) is 0 Å². The van der Waals surface area contributed by atoms with Gasteiger partial charge in [-0.3, -0.25) is 9.78 Å². The number of methoxy groups -OCH3 is 2. The molecule has 1 amide bonds. The number of anilines is 1. The summed E-state index contributed by atoms with van der Waals surface area (Å²) >= 11 is 0. The molecule has 0 saturated carbocycles. The molecule has 1 fully saturated rings. The zero-order valence-electron chi connectivity index (χ0n) is 21.0. The van der Waals surface area contributed by atoms with Gasteiger partial charge in [0.1, 0.15) is 11.5 Å². The number of ether oxygens (including phenoxy) is 2. The Kier molecular flexibility index (Phi) is 7.15. The number of piperidine rings is 1. The Morgan fingerprint density at radius 2 is 1.95 bits per heavy atom. The van der Waals surface area contributed by atoms with Gasteiger partial charge in [0.15, 0.2) is 17.5 Å². The van der Waals surface area contributed by atoms with E-state index in [-0.39, 0.29) is 29.9 Å². The number of nitrogens with zero attached hydrogens (tertiary/aromatic N) is 3. The normalized spacial score (nSPS) is 21.2. The predicted molar refractivity (Wildman–Crippen MR) is 134 cm³/mol. The Bertz CT molecular complexity index is 1310. The highest BCUT2D eigenvalue weighted by Gasteiger charge is 2.46. The number of nitrogens with one attached hydrogen (secondary N) is 3. The van der Waals surface area contributed by atoms with Crippen LogP contribution in [-0.2, 0) is 0 Å². The summed E-state index contributed by atoms with van der Waals surface area (Å²) in [5.74, 6) is 0.819. The van der Waals surface area contributed by atoms with E-state index < -0.39 is 18.3 Å². The van der Waals surface area contributed by atoms with Crippen LogP contribution in [0.5, 0.6) is 11.5 Å². The van der Waals surface area contributed by atoms with Gasteiger partial charge in [0.25, 0.3) is 5.91 Å². The van der Waals surface area contributed by atoms with Crippen LogP contribution in [0.3, 0.4) is 0 Å². The molecule has 0 spiro atoms. The highest BCUT2D eigenvalue weighted by atomic mass is 19.4. The number of rotatable bonds is 6. The van der Waals surface area contributed by atoms with Gasteiger partial charge in [0.2, 0.25) is 0 Å². The number of amides is 1. The van der Waals surface area contributed by atoms with Crippen molar-refractivity contribution in [1.29, 1.82) is 0 Å². The molecule has 12 heteroatoms. The number of alkyl halides is 3. The fraction of sp³-hybridized carbons (Fsp3) is 0.423. The Morgan fingerprint density at radius 3 is 2.66 bits per heavy atom. The van der Waals surface area contributed by atoms with Crippen LogP contribution < -0.4 is 25.4 Å². The lowest BCUT2D eigenvalue weighted by Crippen LogP contribution is -2.45. The summed E-state index contributed by atoms with van der Waals surface area (Å²) in [7, 11) is 2.97. The molecule has 3 aromatic rings. The first-order valence-corrected chi connectivity index (χ1v) is 12.4. The topological polar surface area (TPSA) is 102 Å². The minimum Gasteiger partial charge on any atom is -0.493 e. The van der Waals surface area contributed by atoms with E-state index in [9.17, 15) is 18.0 Å². The van der Waals surface area contributed by atoms with Crippen LogP contribution in [0.4, 0.5) is 19.0 Å². The molecule has 3 unspecified atom stereocenters. The van der Waals surface area contributed by atoms with E-state index in [1.807, 2.05) is 0 Å². The number of aromatic nitrogens is 3. The Labute approximate surface area is 217 Å². The molecule has 0 radical (unpaired) electrons. The summed E-state index contributed by atoms with van der Waals surface area (Å²) in [4.78, 5) is 16.9. The van der Waals surface area contributed by atoms with Gasteiger partial charge in [-0.05, 0) is 49.2 Å². The van der Waals surface area contributed by atoms with E-state index >= 15 is 0 Å². The van der Waals surface area contributed by atoms with E-state index in [1.54, 1.807) is 36.4 Å². The summed E-state index contributed by atoms with van der Waals surface area (Å²) in [5.41, 5.74) is 1.62. The minimum absolute atomic E-state index is 0.00637. The van der Waals surface area contributed by atoms with Crippen LogP contribution in [0.2, 0.25) is 0 Å². The number of pyridine rings is 1. The molecule has 5 rings (SSSR count). The average molecular weight is 531 g/mol. The molecular weight excluding hydrogens is 501 g/mol. The van der Waals surface area contributed by atoms with Crippen LogP contribution in [0.15, 0.2) is 42.6 Å². The maximum absolute atomic E-state index is 14.2. The Morgan fingerprint density at radius 1 is 1.13 bits per heavy atom. The molecule has 1 saturated heterocycles. The van der Waals surface area contributed by atoms with Gasteiger partial charge >= 0.3 is 6.18 Å². The second-order valence-electron chi connectivity index (χ2n) is 9.41. The molecule has 3 N–H and O–H groups in total. The SMILES string of the molecule is COc1ccc(C2CC(C(F)(F)F)n3nc(-c4ccnc(C(=O)NC5CCCNC5)c4)cc3N2)cc1OC. The maximum Gasteiger partial charge on any atom is 0.410 e. The number of fused-ring (bicyclic) bond motifs is 1. The second-order valence-corrected chi connectivity index (χ2v) is 9.41. The van der Waals surface area contributed by atoms with Gasteiger partial charge in [-0.25, -0.2) is 4.68 Å². The summed E-state index contributed by atoms with van der Waals surface area (Å²) in [6.07, 6.45) is -1.48. The fourth-order valence-electron chi connectivity index (χ4n) is 4.95. The van der Waals surface area contributed by atoms with Crippen LogP contribution in [-0.4, -0.2) is 60.2 Å². The van der Waals surface area contributed by atoms with Crippen molar-refractivity contribution >= 4 is 11.7 Å². The van der Waals surface area contributed by atoms with Gasteiger partial charge in [-0.2, -0.15) is 18.3 Å². The Hall–Kier alpha value is -3.80. The lowest BCUT2D eigenvalue weighted by molar-refractivity contribution is -0.173. The van der Waals surface area contributed by atoms with Crippen LogP contribution in [0, 0.1) is 0 Å². The highest BCUT2D eigenvalue weighted by molar-refractivity contribution is 5.93. The van der Waals surface area contributed by atoms with Gasteiger partial charge in [-0.15, -0.1) is 0 Å². The lowest BCUT2D eigenvalue weighted by Gasteiger charge is -2.33. The van der Waals surface area contributed by atoms with Crippen molar-refractivity contribution in [3.8, 4) is 22.8 Å². The monoisotopic (exact) mass is 530 g/mol. The summed E-state index contributed by atoms with van der Waals surface area (Å²) in [6, 6.07) is 7.33. The fourth-order valence-corrected chi connectivity index (χ4v) is 4.95. The third-order valence-electron chi connectivity index (χ3n) is 6.92. The smallest absolute Gasteiger partial charge is 0.410 e. The summed E-state index contributed by atoms with van der Waals surface area (Å²) in [5, 5.41) is 13.7. The molecule has 202 valence electrons. The summed E-state index contributed by atoms with van der Waals surface area (Å²) < 4.78 is 54.1. The number of carbonyl (C=O) groups excluding carboxylic acids is 1. The zero-order valence-corrected chi connectivity index (χ0v) is 21.0. The van der Waals surface area contributed by atoms with Crippen molar-refractivity contribution < 1.29 is 27.4 Å². The van der Waals surface area contributed by atoms with Crippen molar-refractivity contribution in [2.24, 2.45) is 0 Å². The van der Waals surface area contributed by atoms with Crippen molar-refractivity contribution in [3.05, 3.63) is 53.9 Å².